The van der Waals surface area contributed by atoms with E-state index >= 15 is 0 Å². The van der Waals surface area contributed by atoms with E-state index in [0.29, 0.717) is 17.9 Å². The highest BCUT2D eigenvalue weighted by molar-refractivity contribution is 5.96. The molecule has 0 bridgehead atoms. The number of ether oxygens (including phenoxy) is 1. The average Bonchev–Trinajstić information content (AvgIpc) is 2.82. The molecule has 1 saturated carbocycles. The predicted octanol–water partition coefficient (Wildman–Crippen LogP) is 2.84. The van der Waals surface area contributed by atoms with Gasteiger partial charge in [-0.2, -0.15) is 5.10 Å². The van der Waals surface area contributed by atoms with E-state index in [1.54, 1.807) is 13.1 Å². The molecule has 0 atom stereocenters. The Bertz CT molecular complexity index is 598. The summed E-state index contributed by atoms with van der Waals surface area (Å²) in [6.45, 7) is 5.76. The SMILES string of the molecule is CCOC(=O)c1c(C)[nH]c(/C=N/NC(=O)C2CCCCC2)c1C. The zero-order valence-electron chi connectivity index (χ0n) is 14.1. The van der Waals surface area contributed by atoms with Gasteiger partial charge in [0.15, 0.2) is 0 Å². The molecule has 2 rings (SSSR count). The quantitative estimate of drug-likeness (QED) is 0.497. The molecule has 0 saturated heterocycles. The van der Waals surface area contributed by atoms with Crippen molar-refractivity contribution in [3.05, 3.63) is 22.5 Å². The second-order valence-electron chi connectivity index (χ2n) is 5.95. The fourth-order valence-corrected chi connectivity index (χ4v) is 3.03. The van der Waals surface area contributed by atoms with Gasteiger partial charge in [-0.3, -0.25) is 4.79 Å². The number of nitrogens with one attached hydrogen (secondary N) is 2. The van der Waals surface area contributed by atoms with Crippen molar-refractivity contribution < 1.29 is 14.3 Å². The van der Waals surface area contributed by atoms with Crippen molar-refractivity contribution in [3.63, 3.8) is 0 Å². The van der Waals surface area contributed by atoms with Gasteiger partial charge < -0.3 is 9.72 Å². The lowest BCUT2D eigenvalue weighted by Gasteiger charge is -2.19. The number of hydrogen-bond donors (Lipinski definition) is 2. The van der Waals surface area contributed by atoms with Gasteiger partial charge in [-0.05, 0) is 39.2 Å². The van der Waals surface area contributed by atoms with E-state index in [9.17, 15) is 9.59 Å². The molecule has 23 heavy (non-hydrogen) atoms. The summed E-state index contributed by atoms with van der Waals surface area (Å²) >= 11 is 0. The van der Waals surface area contributed by atoms with E-state index in [2.05, 4.69) is 15.5 Å². The van der Waals surface area contributed by atoms with Crippen LogP contribution in [0.25, 0.3) is 0 Å². The number of aromatic nitrogens is 1. The maximum Gasteiger partial charge on any atom is 0.340 e. The van der Waals surface area contributed by atoms with Gasteiger partial charge in [0.2, 0.25) is 5.91 Å². The lowest BCUT2D eigenvalue weighted by molar-refractivity contribution is -0.125. The van der Waals surface area contributed by atoms with Gasteiger partial charge in [0.25, 0.3) is 0 Å². The van der Waals surface area contributed by atoms with E-state index in [-0.39, 0.29) is 17.8 Å². The fourth-order valence-electron chi connectivity index (χ4n) is 3.03. The van der Waals surface area contributed by atoms with Crippen molar-refractivity contribution in [2.75, 3.05) is 6.61 Å². The first-order chi connectivity index (χ1) is 11.0. The number of aryl methyl sites for hydroxylation is 1. The average molecular weight is 319 g/mol. The number of amides is 1. The Labute approximate surface area is 136 Å². The monoisotopic (exact) mass is 319 g/mol. The molecule has 6 nitrogen and oxygen atoms in total. The lowest BCUT2D eigenvalue weighted by Crippen LogP contribution is -2.28. The molecule has 0 spiro atoms. The van der Waals surface area contributed by atoms with Crippen LogP contribution in [0, 0.1) is 19.8 Å². The molecule has 0 unspecified atom stereocenters. The van der Waals surface area contributed by atoms with Crippen molar-refractivity contribution in [1.82, 2.24) is 10.4 Å². The van der Waals surface area contributed by atoms with E-state index < -0.39 is 0 Å². The molecule has 1 aliphatic carbocycles. The number of carbonyl (C=O) groups excluding carboxylic acids is 2. The molecule has 1 heterocycles. The lowest BCUT2D eigenvalue weighted by atomic mass is 9.89. The van der Waals surface area contributed by atoms with Crippen LogP contribution in [0.3, 0.4) is 0 Å². The summed E-state index contributed by atoms with van der Waals surface area (Å²) in [7, 11) is 0. The molecule has 6 heteroatoms. The number of hydrogen-bond acceptors (Lipinski definition) is 4. The molecule has 0 aliphatic heterocycles. The van der Waals surface area contributed by atoms with Gasteiger partial charge in [0.05, 0.1) is 24.1 Å². The van der Waals surface area contributed by atoms with Gasteiger partial charge in [-0.25, -0.2) is 10.2 Å². The number of hydrazone groups is 1. The van der Waals surface area contributed by atoms with Crippen LogP contribution in [-0.4, -0.2) is 29.7 Å². The molecule has 2 N–H and O–H groups in total. The first-order valence-corrected chi connectivity index (χ1v) is 8.23. The molecule has 0 radical (unpaired) electrons. The first kappa shape index (κ1) is 17.2. The Morgan fingerprint density at radius 3 is 2.65 bits per heavy atom. The highest BCUT2D eigenvalue weighted by Crippen LogP contribution is 2.23. The van der Waals surface area contributed by atoms with Gasteiger partial charge in [0.1, 0.15) is 0 Å². The van der Waals surface area contributed by atoms with Crippen molar-refractivity contribution in [1.29, 1.82) is 0 Å². The molecule has 1 amide bonds. The van der Waals surface area contributed by atoms with Crippen LogP contribution >= 0.6 is 0 Å². The Morgan fingerprint density at radius 1 is 1.30 bits per heavy atom. The largest absolute Gasteiger partial charge is 0.462 e. The van der Waals surface area contributed by atoms with Gasteiger partial charge in [-0.1, -0.05) is 19.3 Å². The van der Waals surface area contributed by atoms with Crippen LogP contribution in [0.4, 0.5) is 0 Å². The van der Waals surface area contributed by atoms with Crippen LogP contribution in [0.2, 0.25) is 0 Å². The van der Waals surface area contributed by atoms with E-state index in [0.717, 1.165) is 36.9 Å². The molecule has 126 valence electrons. The fraction of sp³-hybridized carbons (Fsp3) is 0.588. The maximum atomic E-state index is 12.0. The van der Waals surface area contributed by atoms with E-state index in [1.165, 1.54) is 6.42 Å². The summed E-state index contributed by atoms with van der Waals surface area (Å²) in [6.07, 6.45) is 6.86. The van der Waals surface area contributed by atoms with Gasteiger partial charge in [0, 0.05) is 11.6 Å². The predicted molar refractivity (Wildman–Crippen MR) is 88.5 cm³/mol. The molecule has 1 aromatic rings. The summed E-state index contributed by atoms with van der Waals surface area (Å²) in [6, 6.07) is 0. The first-order valence-electron chi connectivity index (χ1n) is 8.23. The number of nitrogens with zero attached hydrogens (tertiary/aromatic N) is 1. The Hall–Kier alpha value is -2.11. The third-order valence-corrected chi connectivity index (χ3v) is 4.30. The second-order valence-corrected chi connectivity index (χ2v) is 5.95. The summed E-state index contributed by atoms with van der Waals surface area (Å²) in [5.74, 6) is -0.292. The van der Waals surface area contributed by atoms with Gasteiger partial charge >= 0.3 is 5.97 Å². The standard InChI is InChI=1S/C17H25N3O3/c1-4-23-17(22)15-11(2)14(19-12(15)3)10-18-20-16(21)13-8-6-5-7-9-13/h10,13,19H,4-9H2,1-3H3,(H,20,21)/b18-10+. The van der Waals surface area contributed by atoms with Crippen LogP contribution in [0.15, 0.2) is 5.10 Å². The van der Waals surface area contributed by atoms with Crippen LogP contribution < -0.4 is 5.43 Å². The van der Waals surface area contributed by atoms with Crippen LogP contribution in [-0.2, 0) is 9.53 Å². The zero-order valence-corrected chi connectivity index (χ0v) is 14.1. The van der Waals surface area contributed by atoms with Crippen molar-refractivity contribution >= 4 is 18.1 Å². The summed E-state index contributed by atoms with van der Waals surface area (Å²) in [5, 5.41) is 4.03. The highest BCUT2D eigenvalue weighted by atomic mass is 16.5. The van der Waals surface area contributed by atoms with E-state index in [4.69, 9.17) is 4.74 Å². The second kappa shape index (κ2) is 7.94. The Balaban J connectivity index is 2.01. The zero-order chi connectivity index (χ0) is 16.8. The maximum absolute atomic E-state index is 12.0. The topological polar surface area (TPSA) is 83.6 Å². The minimum absolute atomic E-state index is 0.0208. The van der Waals surface area contributed by atoms with Crippen LogP contribution in [0.1, 0.15) is 66.3 Å². The summed E-state index contributed by atoms with van der Waals surface area (Å²) < 4.78 is 5.05. The number of carbonyl (C=O) groups is 2. The van der Waals surface area contributed by atoms with Crippen molar-refractivity contribution in [2.24, 2.45) is 11.0 Å². The minimum Gasteiger partial charge on any atom is -0.462 e. The Morgan fingerprint density at radius 2 is 2.00 bits per heavy atom. The number of rotatable bonds is 5. The molecule has 1 fully saturated rings. The third kappa shape index (κ3) is 4.21. The third-order valence-electron chi connectivity index (χ3n) is 4.30. The summed E-state index contributed by atoms with van der Waals surface area (Å²) in [4.78, 5) is 27.1. The van der Waals surface area contributed by atoms with Crippen LogP contribution in [0.5, 0.6) is 0 Å². The molecule has 1 aliphatic rings. The summed E-state index contributed by atoms with van der Waals surface area (Å²) in [5.41, 5.74) is 5.35. The molecule has 1 aromatic heterocycles. The highest BCUT2D eigenvalue weighted by Gasteiger charge is 2.21. The number of esters is 1. The van der Waals surface area contributed by atoms with E-state index in [1.807, 2.05) is 13.8 Å². The number of aromatic amines is 1. The van der Waals surface area contributed by atoms with Crippen molar-refractivity contribution in [3.8, 4) is 0 Å². The van der Waals surface area contributed by atoms with Crippen molar-refractivity contribution in [2.45, 2.75) is 52.9 Å². The Kier molecular flexibility index (Phi) is 5.96. The normalized spacial score (nSPS) is 15.8. The molecular formula is C17H25N3O3. The molecule has 0 aromatic carbocycles. The molecular weight excluding hydrogens is 294 g/mol. The smallest absolute Gasteiger partial charge is 0.340 e. The van der Waals surface area contributed by atoms with Gasteiger partial charge in [-0.15, -0.1) is 0 Å². The number of H-pyrrole nitrogens is 1. The minimum atomic E-state index is -0.343.